The largest absolute Gasteiger partial charge is 0.335 e. The van der Waals surface area contributed by atoms with Gasteiger partial charge in [-0.25, -0.2) is 13.5 Å². The fourth-order valence-corrected chi connectivity index (χ4v) is 2.72. The van der Waals surface area contributed by atoms with E-state index in [0.29, 0.717) is 11.0 Å². The second-order valence-corrected chi connectivity index (χ2v) is 5.95. The molecule has 0 radical (unpaired) electrons. The van der Waals surface area contributed by atoms with Crippen LogP contribution in [0.5, 0.6) is 0 Å². The number of benzene rings is 2. The lowest BCUT2D eigenvalue weighted by atomic mass is 10.2. The number of nitrogens with two attached hydrogens (primary N) is 1. The summed E-state index contributed by atoms with van der Waals surface area (Å²) in [5.74, 6) is 4.02. The van der Waals surface area contributed by atoms with Crippen LogP contribution in [-0.4, -0.2) is 26.5 Å². The lowest BCUT2D eigenvalue weighted by Gasteiger charge is -2.06. The topological polar surface area (TPSA) is 85.8 Å². The van der Waals surface area contributed by atoms with Gasteiger partial charge in [-0.3, -0.25) is 4.79 Å². The summed E-state index contributed by atoms with van der Waals surface area (Å²) in [5.41, 5.74) is 0.972. The Kier molecular flexibility index (Phi) is 4.94. The van der Waals surface area contributed by atoms with Gasteiger partial charge >= 0.3 is 0 Å². The Hall–Kier alpha value is -2.94. The summed E-state index contributed by atoms with van der Waals surface area (Å²) in [5, 5.41) is 10.8. The molecule has 128 valence electrons. The lowest BCUT2D eigenvalue weighted by Crippen LogP contribution is -2.16. The van der Waals surface area contributed by atoms with E-state index >= 15 is 0 Å². The fourth-order valence-electron chi connectivity index (χ4n) is 2.06. The zero-order valence-corrected chi connectivity index (χ0v) is 13.6. The van der Waals surface area contributed by atoms with Crippen molar-refractivity contribution in [2.24, 2.45) is 0 Å². The van der Waals surface area contributed by atoms with Crippen LogP contribution >= 0.6 is 11.8 Å². The first-order valence-corrected chi connectivity index (χ1v) is 8.17. The van der Waals surface area contributed by atoms with Gasteiger partial charge in [-0.05, 0) is 12.1 Å². The number of nitrogens with zero attached hydrogens (tertiary/aromatic N) is 3. The number of rotatable bonds is 5. The smallest absolute Gasteiger partial charge is 0.234 e. The third-order valence-electron chi connectivity index (χ3n) is 3.23. The highest BCUT2D eigenvalue weighted by atomic mass is 32.2. The van der Waals surface area contributed by atoms with E-state index in [4.69, 9.17) is 5.84 Å². The molecule has 0 unspecified atom stereocenters. The Labute approximate surface area is 146 Å². The maximum atomic E-state index is 13.1. The van der Waals surface area contributed by atoms with E-state index in [0.717, 1.165) is 29.5 Å². The van der Waals surface area contributed by atoms with Gasteiger partial charge < -0.3 is 11.2 Å². The summed E-state index contributed by atoms with van der Waals surface area (Å²) < 4.78 is 27.3. The molecule has 0 bridgehead atoms. The second kappa shape index (κ2) is 7.31. The van der Waals surface area contributed by atoms with Crippen molar-refractivity contribution in [3.05, 3.63) is 60.2 Å². The summed E-state index contributed by atoms with van der Waals surface area (Å²) in [6.07, 6.45) is 0. The molecular formula is C16H13F2N5OS. The summed E-state index contributed by atoms with van der Waals surface area (Å²) in [6.45, 7) is 0. The number of nitrogens with one attached hydrogen (secondary N) is 1. The first-order chi connectivity index (χ1) is 12.0. The highest BCUT2D eigenvalue weighted by molar-refractivity contribution is 7.99. The third kappa shape index (κ3) is 3.94. The van der Waals surface area contributed by atoms with Gasteiger partial charge in [0.25, 0.3) is 0 Å². The van der Waals surface area contributed by atoms with Crippen molar-refractivity contribution in [3.63, 3.8) is 0 Å². The third-order valence-corrected chi connectivity index (χ3v) is 4.18. The van der Waals surface area contributed by atoms with Gasteiger partial charge in [-0.2, -0.15) is 0 Å². The van der Waals surface area contributed by atoms with Crippen LogP contribution in [0.1, 0.15) is 0 Å². The molecule has 0 spiro atoms. The molecule has 0 saturated heterocycles. The molecule has 0 aliphatic heterocycles. The van der Waals surface area contributed by atoms with Gasteiger partial charge in [0.1, 0.15) is 0 Å². The van der Waals surface area contributed by atoms with Gasteiger partial charge in [0, 0.05) is 17.3 Å². The Morgan fingerprint density at radius 2 is 1.88 bits per heavy atom. The van der Waals surface area contributed by atoms with Crippen LogP contribution in [-0.2, 0) is 4.79 Å². The minimum absolute atomic E-state index is 0.0108. The number of hydrogen-bond donors (Lipinski definition) is 2. The van der Waals surface area contributed by atoms with Crippen LogP contribution in [0.2, 0.25) is 0 Å². The lowest BCUT2D eigenvalue weighted by molar-refractivity contribution is -0.113. The van der Waals surface area contributed by atoms with Crippen LogP contribution in [0.15, 0.2) is 53.7 Å². The zero-order valence-electron chi connectivity index (χ0n) is 12.8. The number of nitrogen functional groups attached to an aromatic ring is 1. The zero-order chi connectivity index (χ0) is 17.8. The van der Waals surface area contributed by atoms with E-state index in [1.807, 2.05) is 30.3 Å². The monoisotopic (exact) mass is 361 g/mol. The molecule has 2 aromatic carbocycles. The van der Waals surface area contributed by atoms with Crippen LogP contribution in [0, 0.1) is 11.6 Å². The molecule has 3 rings (SSSR count). The minimum atomic E-state index is -1.03. The van der Waals surface area contributed by atoms with Crippen molar-refractivity contribution in [3.8, 4) is 11.4 Å². The standard InChI is InChI=1S/C16H13F2N5OS/c17-12-7-6-11(8-13(12)18)20-14(24)9-25-16-22-21-15(23(16)19)10-4-2-1-3-5-10/h1-8H,9,19H2,(H,20,24). The van der Waals surface area contributed by atoms with E-state index in [2.05, 4.69) is 15.5 Å². The molecular weight excluding hydrogens is 348 g/mol. The number of hydrogen-bond acceptors (Lipinski definition) is 5. The molecule has 9 heteroatoms. The van der Waals surface area contributed by atoms with Crippen LogP contribution in [0.25, 0.3) is 11.4 Å². The highest BCUT2D eigenvalue weighted by Crippen LogP contribution is 2.21. The van der Waals surface area contributed by atoms with Crippen molar-refractivity contribution in [2.45, 2.75) is 5.16 Å². The molecule has 3 N–H and O–H groups in total. The Bertz CT molecular complexity index is 901. The SMILES string of the molecule is Nn1c(SCC(=O)Nc2ccc(F)c(F)c2)nnc1-c1ccccc1. The quantitative estimate of drug-likeness (QED) is 0.539. The average Bonchev–Trinajstić information content (AvgIpc) is 2.98. The first-order valence-electron chi connectivity index (χ1n) is 7.18. The number of halogens is 2. The van der Waals surface area contributed by atoms with Gasteiger partial charge in [0.05, 0.1) is 5.75 Å². The predicted octanol–water partition coefficient (Wildman–Crippen LogP) is 2.67. The number of carbonyl (C=O) groups is 1. The molecule has 0 saturated carbocycles. The van der Waals surface area contributed by atoms with Crippen LogP contribution < -0.4 is 11.2 Å². The molecule has 1 heterocycles. The molecule has 0 aliphatic rings. The first kappa shape index (κ1) is 16.9. The predicted molar refractivity (Wildman–Crippen MR) is 91.3 cm³/mol. The van der Waals surface area contributed by atoms with E-state index in [-0.39, 0.29) is 11.4 Å². The van der Waals surface area contributed by atoms with Gasteiger partial charge in [0.15, 0.2) is 17.5 Å². The maximum Gasteiger partial charge on any atom is 0.234 e. The van der Waals surface area contributed by atoms with Gasteiger partial charge in [-0.1, -0.05) is 42.1 Å². The summed E-state index contributed by atoms with van der Waals surface area (Å²) in [4.78, 5) is 11.9. The van der Waals surface area contributed by atoms with Gasteiger partial charge in [-0.15, -0.1) is 10.2 Å². The molecule has 0 atom stereocenters. The number of amides is 1. The summed E-state index contributed by atoms with van der Waals surface area (Å²) >= 11 is 1.08. The molecule has 0 fully saturated rings. The number of aromatic nitrogens is 3. The van der Waals surface area contributed by atoms with Crippen molar-refractivity contribution in [2.75, 3.05) is 16.9 Å². The molecule has 1 aromatic heterocycles. The minimum Gasteiger partial charge on any atom is -0.335 e. The Morgan fingerprint density at radius 1 is 1.12 bits per heavy atom. The fraction of sp³-hybridized carbons (Fsp3) is 0.0625. The van der Waals surface area contributed by atoms with Crippen molar-refractivity contribution in [1.82, 2.24) is 14.9 Å². The maximum absolute atomic E-state index is 13.1. The van der Waals surface area contributed by atoms with E-state index in [9.17, 15) is 13.6 Å². The second-order valence-electron chi connectivity index (χ2n) is 5.01. The van der Waals surface area contributed by atoms with Crippen molar-refractivity contribution in [1.29, 1.82) is 0 Å². The molecule has 0 aliphatic carbocycles. The number of thioether (sulfide) groups is 1. The van der Waals surface area contributed by atoms with Crippen molar-refractivity contribution >= 4 is 23.4 Å². The molecule has 6 nitrogen and oxygen atoms in total. The van der Waals surface area contributed by atoms with Crippen LogP contribution in [0.3, 0.4) is 0 Å². The number of carbonyl (C=O) groups excluding carboxylic acids is 1. The van der Waals surface area contributed by atoms with Gasteiger partial charge in [0.2, 0.25) is 11.1 Å². The highest BCUT2D eigenvalue weighted by Gasteiger charge is 2.14. The average molecular weight is 361 g/mol. The Balaban J connectivity index is 1.63. The van der Waals surface area contributed by atoms with E-state index in [1.54, 1.807) is 0 Å². The molecule has 25 heavy (non-hydrogen) atoms. The Morgan fingerprint density at radius 3 is 2.60 bits per heavy atom. The van der Waals surface area contributed by atoms with E-state index < -0.39 is 17.5 Å². The van der Waals surface area contributed by atoms with E-state index in [1.165, 1.54) is 10.7 Å². The molecule has 3 aromatic rings. The van der Waals surface area contributed by atoms with Crippen LogP contribution in [0.4, 0.5) is 14.5 Å². The molecule has 1 amide bonds. The summed E-state index contributed by atoms with van der Waals surface area (Å²) in [6, 6.07) is 12.4. The van der Waals surface area contributed by atoms with Crippen molar-refractivity contribution < 1.29 is 13.6 Å². The normalized spacial score (nSPS) is 10.6. The number of anilines is 1. The summed E-state index contributed by atoms with van der Waals surface area (Å²) in [7, 11) is 0.